The van der Waals surface area contributed by atoms with Gasteiger partial charge in [-0.15, -0.1) is 0 Å². The van der Waals surface area contributed by atoms with Crippen molar-refractivity contribution in [3.63, 3.8) is 0 Å². The quantitative estimate of drug-likeness (QED) is 0.395. The second-order valence-electron chi connectivity index (χ2n) is 5.30. The van der Waals surface area contributed by atoms with E-state index in [9.17, 15) is 8.42 Å². The van der Waals surface area contributed by atoms with Crippen molar-refractivity contribution in [2.75, 3.05) is 26.4 Å². The lowest BCUT2D eigenvalue weighted by Crippen LogP contribution is -2.38. The molecule has 0 aliphatic heterocycles. The second kappa shape index (κ2) is 8.75. The topological polar surface area (TPSA) is 82.6 Å². The summed E-state index contributed by atoms with van der Waals surface area (Å²) < 4.78 is 24.3. The fourth-order valence-electron chi connectivity index (χ4n) is 2.00. The highest BCUT2D eigenvalue weighted by Crippen LogP contribution is 2.09. The maximum Gasteiger partial charge on any atom is 0.208 e. The van der Waals surface area contributed by atoms with Crippen LogP contribution in [0, 0.1) is 13.8 Å². The molecule has 0 radical (unpaired) electrons. The minimum Gasteiger partial charge on any atom is -0.356 e. The highest BCUT2D eigenvalue weighted by Gasteiger charge is 2.02. The summed E-state index contributed by atoms with van der Waals surface area (Å²) in [5.74, 6) is 0.708. The summed E-state index contributed by atoms with van der Waals surface area (Å²) in [5, 5.41) is 6.41. The maximum atomic E-state index is 10.9. The van der Waals surface area contributed by atoms with Gasteiger partial charge in [-0.2, -0.15) is 0 Å². The molecule has 0 aliphatic carbocycles. The van der Waals surface area contributed by atoms with Crippen LogP contribution in [0.3, 0.4) is 0 Å². The lowest BCUT2D eigenvalue weighted by atomic mass is 10.1. The predicted octanol–water partition coefficient (Wildman–Crippen LogP) is 0.908. The van der Waals surface area contributed by atoms with Crippen LogP contribution in [-0.4, -0.2) is 40.8 Å². The van der Waals surface area contributed by atoms with E-state index < -0.39 is 10.0 Å². The van der Waals surface area contributed by atoms with Crippen LogP contribution in [0.5, 0.6) is 0 Å². The molecule has 6 nitrogen and oxygen atoms in total. The van der Waals surface area contributed by atoms with Gasteiger partial charge in [0.15, 0.2) is 5.96 Å². The maximum absolute atomic E-state index is 10.9. The first-order valence-electron chi connectivity index (χ1n) is 7.27. The fraction of sp³-hybridized carbons (Fsp3) is 0.533. The molecule has 0 saturated heterocycles. The summed E-state index contributed by atoms with van der Waals surface area (Å²) in [4.78, 5) is 4.15. The number of nitrogens with zero attached hydrogens (tertiary/aromatic N) is 1. The Balaban J connectivity index is 2.34. The van der Waals surface area contributed by atoms with Crippen molar-refractivity contribution in [1.29, 1.82) is 0 Å². The van der Waals surface area contributed by atoms with E-state index in [1.807, 2.05) is 0 Å². The van der Waals surface area contributed by atoms with Crippen LogP contribution in [0.25, 0.3) is 0 Å². The number of benzene rings is 1. The minimum absolute atomic E-state index is 0.417. The molecule has 0 aliphatic rings. The molecule has 0 amide bonds. The van der Waals surface area contributed by atoms with Crippen molar-refractivity contribution in [1.82, 2.24) is 15.4 Å². The third-order valence-electron chi connectivity index (χ3n) is 3.18. The summed E-state index contributed by atoms with van der Waals surface area (Å²) in [5.41, 5.74) is 3.73. The Hall–Kier alpha value is -1.60. The number of rotatable bonds is 7. The molecule has 0 saturated carbocycles. The van der Waals surface area contributed by atoms with E-state index in [0.717, 1.165) is 6.26 Å². The molecule has 0 fully saturated rings. The van der Waals surface area contributed by atoms with Crippen LogP contribution in [0.15, 0.2) is 23.2 Å². The summed E-state index contributed by atoms with van der Waals surface area (Å²) in [6.45, 7) is 5.94. The summed E-state index contributed by atoms with van der Waals surface area (Å²) >= 11 is 0. The van der Waals surface area contributed by atoms with E-state index in [0.29, 0.717) is 32.0 Å². The fourth-order valence-corrected chi connectivity index (χ4v) is 2.51. The molecule has 1 rings (SSSR count). The van der Waals surface area contributed by atoms with Gasteiger partial charge in [0.2, 0.25) is 10.0 Å². The number of sulfonamides is 1. The SMILES string of the molecule is CN=C(NCCCNS(C)(=O)=O)NCc1ccc(C)cc1C. The van der Waals surface area contributed by atoms with Gasteiger partial charge in [-0.05, 0) is 31.4 Å². The van der Waals surface area contributed by atoms with Gasteiger partial charge < -0.3 is 10.6 Å². The second-order valence-corrected chi connectivity index (χ2v) is 7.14. The van der Waals surface area contributed by atoms with Crippen molar-refractivity contribution in [2.45, 2.75) is 26.8 Å². The van der Waals surface area contributed by atoms with Gasteiger partial charge in [-0.25, -0.2) is 13.1 Å². The van der Waals surface area contributed by atoms with E-state index in [2.05, 4.69) is 52.4 Å². The normalized spacial score (nSPS) is 12.3. The first kappa shape index (κ1) is 18.4. The smallest absolute Gasteiger partial charge is 0.208 e. The Morgan fingerprint density at radius 2 is 1.91 bits per heavy atom. The molecule has 0 spiro atoms. The van der Waals surface area contributed by atoms with Crippen molar-refractivity contribution >= 4 is 16.0 Å². The molecule has 7 heteroatoms. The van der Waals surface area contributed by atoms with Gasteiger partial charge in [0, 0.05) is 26.7 Å². The molecule has 0 bridgehead atoms. The van der Waals surface area contributed by atoms with Crippen LogP contribution in [0.2, 0.25) is 0 Å². The largest absolute Gasteiger partial charge is 0.356 e. The lowest BCUT2D eigenvalue weighted by molar-refractivity contribution is 0.584. The van der Waals surface area contributed by atoms with E-state index >= 15 is 0 Å². The zero-order valence-electron chi connectivity index (χ0n) is 13.7. The molecular formula is C15H26N4O2S. The number of hydrogen-bond donors (Lipinski definition) is 3. The van der Waals surface area contributed by atoms with Gasteiger partial charge in [-0.3, -0.25) is 4.99 Å². The van der Waals surface area contributed by atoms with Crippen molar-refractivity contribution in [2.24, 2.45) is 4.99 Å². The zero-order chi connectivity index (χ0) is 16.6. The van der Waals surface area contributed by atoms with E-state index in [4.69, 9.17) is 0 Å². The Morgan fingerprint density at radius 1 is 1.18 bits per heavy atom. The van der Waals surface area contributed by atoms with Gasteiger partial charge in [0.05, 0.1) is 6.26 Å². The van der Waals surface area contributed by atoms with Crippen LogP contribution in [-0.2, 0) is 16.6 Å². The monoisotopic (exact) mass is 326 g/mol. The van der Waals surface area contributed by atoms with E-state index in [-0.39, 0.29) is 0 Å². The first-order chi connectivity index (χ1) is 10.3. The molecule has 124 valence electrons. The average molecular weight is 326 g/mol. The minimum atomic E-state index is -3.11. The number of guanidine groups is 1. The summed E-state index contributed by atoms with van der Waals surface area (Å²) in [7, 11) is -1.39. The molecule has 1 aromatic carbocycles. The number of hydrogen-bond acceptors (Lipinski definition) is 3. The molecule has 1 aromatic rings. The zero-order valence-corrected chi connectivity index (χ0v) is 14.5. The number of nitrogens with one attached hydrogen (secondary N) is 3. The standard InChI is InChI=1S/C15H26N4O2S/c1-12-6-7-14(13(2)10-12)11-18-15(16-3)17-8-5-9-19-22(4,20)21/h6-7,10,19H,5,8-9,11H2,1-4H3,(H2,16,17,18). The van der Waals surface area contributed by atoms with Crippen molar-refractivity contribution in [3.8, 4) is 0 Å². The van der Waals surface area contributed by atoms with Gasteiger partial charge in [-0.1, -0.05) is 23.8 Å². The van der Waals surface area contributed by atoms with E-state index in [1.54, 1.807) is 7.05 Å². The van der Waals surface area contributed by atoms with Gasteiger partial charge in [0.1, 0.15) is 0 Å². The number of aryl methyl sites for hydroxylation is 2. The van der Waals surface area contributed by atoms with Gasteiger partial charge >= 0.3 is 0 Å². The van der Waals surface area contributed by atoms with E-state index in [1.165, 1.54) is 16.7 Å². The Bertz CT molecular complexity index is 612. The molecule has 0 aromatic heterocycles. The molecule has 0 heterocycles. The van der Waals surface area contributed by atoms with Crippen molar-refractivity contribution in [3.05, 3.63) is 34.9 Å². The van der Waals surface area contributed by atoms with Crippen LogP contribution in [0.1, 0.15) is 23.1 Å². The van der Waals surface area contributed by atoms with Crippen molar-refractivity contribution < 1.29 is 8.42 Å². The molecule has 22 heavy (non-hydrogen) atoms. The molecular weight excluding hydrogens is 300 g/mol. The van der Waals surface area contributed by atoms with Crippen LogP contribution < -0.4 is 15.4 Å². The Kier molecular flexibility index (Phi) is 7.34. The highest BCUT2D eigenvalue weighted by molar-refractivity contribution is 7.88. The molecule has 0 atom stereocenters. The third-order valence-corrected chi connectivity index (χ3v) is 3.91. The average Bonchev–Trinajstić information content (AvgIpc) is 2.42. The highest BCUT2D eigenvalue weighted by atomic mass is 32.2. The predicted molar refractivity (Wildman–Crippen MR) is 91.6 cm³/mol. The van der Waals surface area contributed by atoms with Gasteiger partial charge in [0.25, 0.3) is 0 Å². The molecule has 0 unspecified atom stereocenters. The third kappa shape index (κ3) is 7.42. The van der Waals surface area contributed by atoms with Crippen LogP contribution >= 0.6 is 0 Å². The first-order valence-corrected chi connectivity index (χ1v) is 9.16. The number of aliphatic imine (C=N–C) groups is 1. The summed E-state index contributed by atoms with van der Waals surface area (Å²) in [6, 6.07) is 6.36. The van der Waals surface area contributed by atoms with Crippen LogP contribution in [0.4, 0.5) is 0 Å². The Labute approximate surface area is 133 Å². The lowest BCUT2D eigenvalue weighted by Gasteiger charge is -2.13. The Morgan fingerprint density at radius 3 is 2.50 bits per heavy atom. The molecule has 3 N–H and O–H groups in total. The summed E-state index contributed by atoms with van der Waals surface area (Å²) in [6.07, 6.45) is 1.85.